The molecule has 0 saturated carbocycles. The van der Waals surface area contributed by atoms with Crippen LogP contribution in [-0.2, 0) is 6.54 Å². The smallest absolute Gasteiger partial charge is 0.230 e. The second-order valence-electron chi connectivity index (χ2n) is 8.13. The first-order valence-electron chi connectivity index (χ1n) is 9.94. The zero-order valence-corrected chi connectivity index (χ0v) is 16.0. The molecule has 1 atom stereocenters. The first-order chi connectivity index (χ1) is 12.7. The van der Waals surface area contributed by atoms with E-state index in [9.17, 15) is 0 Å². The molecule has 0 amide bonds. The Morgan fingerprint density at radius 3 is 2.54 bits per heavy atom. The van der Waals surface area contributed by atoms with E-state index in [4.69, 9.17) is 4.42 Å². The van der Waals surface area contributed by atoms with Crippen LogP contribution in [0.3, 0.4) is 0 Å². The summed E-state index contributed by atoms with van der Waals surface area (Å²) >= 11 is 0. The molecule has 1 spiro atoms. The number of benzene rings is 1. The summed E-state index contributed by atoms with van der Waals surface area (Å²) in [5, 5.41) is 8.10. The monoisotopic (exact) mass is 354 g/mol. The standard InChI is InChI=1S/C21H30N4O/c1-3-24-14-19(18-7-5-4-6-8-18)13-21(16-24)9-11-25(12-10-21)15-20-23-22-17(2)26-20/h4-8,19H,3,9-16H2,1-2H3/t19-/m1/s1. The van der Waals surface area contributed by atoms with E-state index >= 15 is 0 Å². The Bertz CT molecular complexity index is 706. The molecule has 2 aliphatic rings. The maximum atomic E-state index is 5.56. The topological polar surface area (TPSA) is 45.4 Å². The van der Waals surface area contributed by atoms with Gasteiger partial charge in [-0.15, -0.1) is 10.2 Å². The predicted octanol–water partition coefficient (Wildman–Crippen LogP) is 3.47. The summed E-state index contributed by atoms with van der Waals surface area (Å²) in [6, 6.07) is 11.1. The van der Waals surface area contributed by atoms with Crippen LogP contribution in [0, 0.1) is 12.3 Å². The van der Waals surface area contributed by atoms with Crippen LogP contribution >= 0.6 is 0 Å². The number of hydrogen-bond acceptors (Lipinski definition) is 5. The number of rotatable bonds is 4. The molecular weight excluding hydrogens is 324 g/mol. The van der Waals surface area contributed by atoms with Crippen molar-refractivity contribution in [2.24, 2.45) is 5.41 Å². The van der Waals surface area contributed by atoms with Gasteiger partial charge < -0.3 is 9.32 Å². The van der Waals surface area contributed by atoms with E-state index in [1.54, 1.807) is 0 Å². The van der Waals surface area contributed by atoms with Gasteiger partial charge in [0.15, 0.2) is 0 Å². The minimum absolute atomic E-state index is 0.454. The number of nitrogens with zero attached hydrogens (tertiary/aromatic N) is 4. The summed E-state index contributed by atoms with van der Waals surface area (Å²) in [6.45, 7) is 10.8. The van der Waals surface area contributed by atoms with Gasteiger partial charge in [-0.2, -0.15) is 0 Å². The number of hydrogen-bond donors (Lipinski definition) is 0. The molecular formula is C21H30N4O. The average molecular weight is 354 g/mol. The zero-order chi connectivity index (χ0) is 18.0. The fraction of sp³-hybridized carbons (Fsp3) is 0.619. The van der Waals surface area contributed by atoms with E-state index in [2.05, 4.69) is 57.3 Å². The first-order valence-corrected chi connectivity index (χ1v) is 9.94. The minimum atomic E-state index is 0.454. The van der Waals surface area contributed by atoms with E-state index in [1.807, 2.05) is 6.92 Å². The molecule has 1 aromatic heterocycles. The van der Waals surface area contributed by atoms with Crippen LogP contribution in [0.1, 0.15) is 49.4 Å². The Morgan fingerprint density at radius 1 is 1.12 bits per heavy atom. The van der Waals surface area contributed by atoms with Crippen molar-refractivity contribution in [3.8, 4) is 0 Å². The Kier molecular flexibility index (Phi) is 5.09. The highest BCUT2D eigenvalue weighted by molar-refractivity contribution is 5.21. The highest BCUT2D eigenvalue weighted by Crippen LogP contribution is 2.45. The van der Waals surface area contributed by atoms with Gasteiger partial charge in [0, 0.05) is 20.0 Å². The second-order valence-corrected chi connectivity index (χ2v) is 8.13. The summed E-state index contributed by atoms with van der Waals surface area (Å²) in [7, 11) is 0. The maximum Gasteiger partial charge on any atom is 0.230 e. The predicted molar refractivity (Wildman–Crippen MR) is 102 cm³/mol. The Labute approximate surface area is 156 Å². The molecule has 0 bridgehead atoms. The molecule has 0 N–H and O–H groups in total. The number of piperidine rings is 2. The molecule has 26 heavy (non-hydrogen) atoms. The van der Waals surface area contributed by atoms with E-state index < -0.39 is 0 Å². The van der Waals surface area contributed by atoms with E-state index in [0.717, 1.165) is 32.1 Å². The van der Waals surface area contributed by atoms with Crippen molar-refractivity contribution in [2.75, 3.05) is 32.7 Å². The maximum absolute atomic E-state index is 5.56. The fourth-order valence-corrected chi connectivity index (χ4v) is 4.83. The van der Waals surface area contributed by atoms with E-state index in [0.29, 0.717) is 17.2 Å². The lowest BCUT2D eigenvalue weighted by molar-refractivity contribution is 0.0117. The van der Waals surface area contributed by atoms with Crippen molar-refractivity contribution in [1.29, 1.82) is 0 Å². The molecule has 5 heteroatoms. The van der Waals surface area contributed by atoms with Gasteiger partial charge >= 0.3 is 0 Å². The zero-order valence-electron chi connectivity index (χ0n) is 16.0. The number of likely N-dealkylation sites (tertiary alicyclic amines) is 2. The van der Waals surface area contributed by atoms with Gasteiger partial charge in [-0.3, -0.25) is 4.90 Å². The second kappa shape index (κ2) is 7.49. The van der Waals surface area contributed by atoms with Gasteiger partial charge in [0.25, 0.3) is 0 Å². The highest BCUT2D eigenvalue weighted by atomic mass is 16.4. The largest absolute Gasteiger partial charge is 0.424 e. The van der Waals surface area contributed by atoms with Gasteiger partial charge in [0.2, 0.25) is 11.8 Å². The minimum Gasteiger partial charge on any atom is -0.424 e. The van der Waals surface area contributed by atoms with Crippen LogP contribution < -0.4 is 0 Å². The number of aryl methyl sites for hydroxylation is 1. The van der Waals surface area contributed by atoms with Gasteiger partial charge in [0.1, 0.15) is 0 Å². The summed E-state index contributed by atoms with van der Waals surface area (Å²) in [5.41, 5.74) is 1.96. The van der Waals surface area contributed by atoms with Crippen molar-refractivity contribution in [1.82, 2.24) is 20.0 Å². The summed E-state index contributed by atoms with van der Waals surface area (Å²) < 4.78 is 5.56. The molecule has 3 heterocycles. The van der Waals surface area contributed by atoms with Crippen molar-refractivity contribution in [3.63, 3.8) is 0 Å². The van der Waals surface area contributed by atoms with Crippen molar-refractivity contribution < 1.29 is 4.42 Å². The molecule has 0 unspecified atom stereocenters. The molecule has 1 aromatic carbocycles. The van der Waals surface area contributed by atoms with E-state index in [1.165, 1.54) is 37.9 Å². The summed E-state index contributed by atoms with van der Waals surface area (Å²) in [5.74, 6) is 2.07. The quantitative estimate of drug-likeness (QED) is 0.841. The van der Waals surface area contributed by atoms with Crippen molar-refractivity contribution in [2.45, 2.75) is 45.6 Å². The van der Waals surface area contributed by atoms with Gasteiger partial charge in [-0.05, 0) is 55.8 Å². The van der Waals surface area contributed by atoms with Gasteiger partial charge in [-0.1, -0.05) is 37.3 Å². The third kappa shape index (κ3) is 3.84. The lowest BCUT2D eigenvalue weighted by Crippen LogP contribution is -2.51. The van der Waals surface area contributed by atoms with Crippen LogP contribution in [0.15, 0.2) is 34.7 Å². The Hall–Kier alpha value is -1.72. The molecule has 2 aromatic rings. The van der Waals surface area contributed by atoms with Crippen molar-refractivity contribution in [3.05, 3.63) is 47.7 Å². The van der Waals surface area contributed by atoms with Crippen molar-refractivity contribution >= 4 is 0 Å². The normalized spacial score (nSPS) is 24.2. The highest BCUT2D eigenvalue weighted by Gasteiger charge is 2.41. The fourth-order valence-electron chi connectivity index (χ4n) is 4.83. The molecule has 2 saturated heterocycles. The third-order valence-electron chi connectivity index (χ3n) is 6.28. The lowest BCUT2D eigenvalue weighted by atomic mass is 9.68. The van der Waals surface area contributed by atoms with Crippen LogP contribution in [0.2, 0.25) is 0 Å². The molecule has 0 radical (unpaired) electrons. The molecule has 4 rings (SSSR count). The Morgan fingerprint density at radius 2 is 1.88 bits per heavy atom. The molecule has 140 valence electrons. The Balaban J connectivity index is 1.42. The van der Waals surface area contributed by atoms with Gasteiger partial charge in [0.05, 0.1) is 6.54 Å². The van der Waals surface area contributed by atoms with Crippen LogP contribution in [0.5, 0.6) is 0 Å². The van der Waals surface area contributed by atoms with Crippen LogP contribution in [0.25, 0.3) is 0 Å². The average Bonchev–Trinajstić information content (AvgIpc) is 3.09. The van der Waals surface area contributed by atoms with E-state index in [-0.39, 0.29) is 0 Å². The SMILES string of the molecule is CCN1C[C@H](c2ccccc2)CC2(CCN(Cc3nnc(C)o3)CC2)C1. The lowest BCUT2D eigenvalue weighted by Gasteiger charge is -2.50. The van der Waals surface area contributed by atoms with Crippen LogP contribution in [-0.4, -0.2) is 52.7 Å². The molecule has 2 fully saturated rings. The first kappa shape index (κ1) is 17.7. The number of aromatic nitrogens is 2. The molecule has 0 aliphatic carbocycles. The summed E-state index contributed by atoms with van der Waals surface area (Å²) in [4.78, 5) is 5.14. The number of likely N-dealkylation sites (N-methyl/N-ethyl adjacent to an activating group) is 1. The summed E-state index contributed by atoms with van der Waals surface area (Å²) in [6.07, 6.45) is 3.85. The third-order valence-corrected chi connectivity index (χ3v) is 6.28. The van der Waals surface area contributed by atoms with Gasteiger partial charge in [-0.25, -0.2) is 0 Å². The molecule has 2 aliphatic heterocycles. The van der Waals surface area contributed by atoms with Crippen LogP contribution in [0.4, 0.5) is 0 Å². The molecule has 5 nitrogen and oxygen atoms in total.